The van der Waals surface area contributed by atoms with Crippen LogP contribution in [0.25, 0.3) is 13.2 Å². The maximum atomic E-state index is 12.9. The summed E-state index contributed by atoms with van der Waals surface area (Å²) in [4.78, 5) is 36.2. The van der Waals surface area contributed by atoms with Crippen molar-refractivity contribution in [3.63, 3.8) is 0 Å². The monoisotopic (exact) mass is 450 g/mol. The van der Waals surface area contributed by atoms with E-state index in [1.807, 2.05) is 0 Å². The first-order valence-electron chi connectivity index (χ1n) is 10.2. The Balaban J connectivity index is 3.37. The molecule has 1 unspecified atom stereocenters. The van der Waals surface area contributed by atoms with Crippen molar-refractivity contribution < 1.29 is 38.8 Å². The fourth-order valence-corrected chi connectivity index (χ4v) is 3.00. The quantitative estimate of drug-likeness (QED) is 0.350. The van der Waals surface area contributed by atoms with Gasteiger partial charge in [0, 0.05) is 33.9 Å². The van der Waals surface area contributed by atoms with E-state index in [9.17, 15) is 24.6 Å². The molecule has 8 heteroatoms. The lowest BCUT2D eigenvalue weighted by atomic mass is 9.70. The molecular weight excluding hydrogens is 416 g/mol. The largest absolute Gasteiger partial charge is 0.507 e. The molecule has 1 aromatic rings. The Hall–Kier alpha value is -3.03. The van der Waals surface area contributed by atoms with E-state index in [4.69, 9.17) is 14.2 Å². The summed E-state index contributed by atoms with van der Waals surface area (Å²) in [5.74, 6) is -3.01. The predicted octanol–water partition coefficient (Wildman–Crippen LogP) is 1.96. The van der Waals surface area contributed by atoms with Crippen LogP contribution in [0, 0.1) is 12.8 Å². The van der Waals surface area contributed by atoms with E-state index in [0.717, 1.165) is 0 Å². The molecule has 1 aromatic carbocycles. The van der Waals surface area contributed by atoms with Crippen molar-refractivity contribution in [1.82, 2.24) is 0 Å². The van der Waals surface area contributed by atoms with Crippen molar-refractivity contribution in [3.05, 3.63) is 21.6 Å². The van der Waals surface area contributed by atoms with Gasteiger partial charge in [0.05, 0.1) is 5.92 Å². The molecule has 0 aromatic heterocycles. The maximum Gasteiger partial charge on any atom is 0.351 e. The topological polar surface area (TPSA) is 119 Å². The Morgan fingerprint density at radius 1 is 0.969 bits per heavy atom. The number of ether oxygens (including phenoxy) is 3. The molecule has 0 saturated carbocycles. The van der Waals surface area contributed by atoms with Crippen LogP contribution in [-0.4, -0.2) is 46.4 Å². The van der Waals surface area contributed by atoms with Crippen LogP contribution in [0.3, 0.4) is 0 Å². The van der Waals surface area contributed by atoms with Gasteiger partial charge in [-0.2, -0.15) is 0 Å². The second kappa shape index (κ2) is 9.63. The minimum atomic E-state index is -1.47. The number of hydrogen-bond acceptors (Lipinski definition) is 8. The van der Waals surface area contributed by atoms with Crippen molar-refractivity contribution >= 4 is 31.1 Å². The molecule has 0 aliphatic rings. The Kier molecular flexibility index (Phi) is 8.12. The molecule has 178 valence electrons. The molecule has 32 heavy (non-hydrogen) atoms. The third kappa shape index (κ3) is 5.41. The van der Waals surface area contributed by atoms with Crippen molar-refractivity contribution in [3.8, 4) is 11.5 Å². The van der Waals surface area contributed by atoms with Gasteiger partial charge in [-0.25, -0.2) is 4.79 Å². The van der Waals surface area contributed by atoms with Crippen molar-refractivity contribution in [2.24, 2.45) is 5.92 Å². The molecule has 1 atom stereocenters. The number of esters is 3. The summed E-state index contributed by atoms with van der Waals surface area (Å²) in [6.07, 6.45) is -1.47. The molecule has 1 rings (SSSR count). The SMILES string of the molecule is C=c1c(C)c(O)c(=C)c(C(C)(C)C(C)(C)OC(=O)C(COC(C)=O)OC(=O)C(C)C)c1O. The summed E-state index contributed by atoms with van der Waals surface area (Å²) < 4.78 is 15.8. The third-order valence-corrected chi connectivity index (χ3v) is 5.83. The fourth-order valence-electron chi connectivity index (χ4n) is 3.00. The van der Waals surface area contributed by atoms with Crippen LogP contribution in [0.5, 0.6) is 11.5 Å². The molecule has 0 spiro atoms. The van der Waals surface area contributed by atoms with Crippen molar-refractivity contribution in [2.75, 3.05) is 6.61 Å². The van der Waals surface area contributed by atoms with E-state index < -0.39 is 47.6 Å². The first-order valence-corrected chi connectivity index (χ1v) is 10.2. The maximum absolute atomic E-state index is 12.9. The van der Waals surface area contributed by atoms with E-state index in [0.29, 0.717) is 5.56 Å². The van der Waals surface area contributed by atoms with Gasteiger partial charge in [-0.1, -0.05) is 40.9 Å². The number of phenolic OH excluding ortho intramolecular Hbond substituents is 2. The van der Waals surface area contributed by atoms with E-state index >= 15 is 0 Å². The smallest absolute Gasteiger partial charge is 0.351 e. The highest BCUT2D eigenvalue weighted by atomic mass is 16.6. The molecule has 0 bridgehead atoms. The van der Waals surface area contributed by atoms with E-state index in [1.165, 1.54) is 6.92 Å². The van der Waals surface area contributed by atoms with Crippen LogP contribution in [0.4, 0.5) is 0 Å². The fraction of sp³-hybridized carbons (Fsp3) is 0.542. The lowest BCUT2D eigenvalue weighted by molar-refractivity contribution is -0.187. The van der Waals surface area contributed by atoms with Crippen LogP contribution in [0.15, 0.2) is 0 Å². The van der Waals surface area contributed by atoms with Gasteiger partial charge >= 0.3 is 17.9 Å². The Morgan fingerprint density at radius 2 is 1.50 bits per heavy atom. The highest BCUT2D eigenvalue weighted by Gasteiger charge is 2.46. The first-order chi connectivity index (χ1) is 14.5. The van der Waals surface area contributed by atoms with Crippen LogP contribution in [0.1, 0.15) is 59.6 Å². The molecular formula is C24H34O8. The van der Waals surface area contributed by atoms with Gasteiger partial charge in [0.25, 0.3) is 0 Å². The lowest BCUT2D eigenvalue weighted by Gasteiger charge is -2.42. The van der Waals surface area contributed by atoms with Crippen LogP contribution in [0.2, 0.25) is 0 Å². The second-order valence-electron chi connectivity index (χ2n) is 9.09. The first kappa shape index (κ1) is 27.0. The highest BCUT2D eigenvalue weighted by molar-refractivity contribution is 5.81. The summed E-state index contributed by atoms with van der Waals surface area (Å²) in [6, 6.07) is 0. The number of phenols is 2. The molecule has 0 aliphatic carbocycles. The van der Waals surface area contributed by atoms with E-state index in [-0.39, 0.29) is 27.5 Å². The summed E-state index contributed by atoms with van der Waals surface area (Å²) in [7, 11) is 0. The number of rotatable bonds is 8. The molecule has 0 radical (unpaired) electrons. The normalized spacial score (nSPS) is 12.9. The van der Waals surface area contributed by atoms with Gasteiger partial charge in [0.2, 0.25) is 6.10 Å². The average Bonchev–Trinajstić information content (AvgIpc) is 2.66. The molecule has 0 amide bonds. The Labute approximate surface area is 188 Å². The zero-order valence-electron chi connectivity index (χ0n) is 20.1. The second-order valence-corrected chi connectivity index (χ2v) is 9.09. The van der Waals surface area contributed by atoms with E-state index in [1.54, 1.807) is 48.5 Å². The Bertz CT molecular complexity index is 1000. The van der Waals surface area contributed by atoms with Crippen LogP contribution in [-0.2, 0) is 34.0 Å². The average molecular weight is 451 g/mol. The lowest BCUT2D eigenvalue weighted by Crippen LogP contribution is -2.51. The summed E-state index contributed by atoms with van der Waals surface area (Å²) in [6.45, 7) is 19.8. The van der Waals surface area contributed by atoms with Gasteiger partial charge in [-0.05, 0) is 20.8 Å². The zero-order chi connectivity index (χ0) is 25.2. The minimum Gasteiger partial charge on any atom is -0.507 e. The minimum absolute atomic E-state index is 0.114. The molecule has 8 nitrogen and oxygen atoms in total. The Morgan fingerprint density at radius 3 is 1.97 bits per heavy atom. The number of hydrogen-bond donors (Lipinski definition) is 2. The number of carbonyl (C=O) groups excluding carboxylic acids is 3. The summed E-state index contributed by atoms with van der Waals surface area (Å²) in [5, 5.41) is 21.6. The molecule has 2 N–H and O–H groups in total. The molecule has 0 heterocycles. The van der Waals surface area contributed by atoms with Crippen molar-refractivity contribution in [1.29, 1.82) is 0 Å². The van der Waals surface area contributed by atoms with Gasteiger partial charge in [-0.3, -0.25) is 9.59 Å². The van der Waals surface area contributed by atoms with Gasteiger partial charge < -0.3 is 24.4 Å². The molecule has 0 saturated heterocycles. The number of benzene rings is 1. The van der Waals surface area contributed by atoms with Gasteiger partial charge in [0.1, 0.15) is 23.7 Å². The third-order valence-electron chi connectivity index (χ3n) is 5.83. The molecule has 0 aliphatic heterocycles. The number of carbonyl (C=O) groups is 3. The van der Waals surface area contributed by atoms with Crippen molar-refractivity contribution in [2.45, 2.75) is 72.5 Å². The summed E-state index contributed by atoms with van der Waals surface area (Å²) in [5.41, 5.74) is -1.71. The van der Waals surface area contributed by atoms with Gasteiger partial charge in [-0.15, -0.1) is 0 Å². The predicted molar refractivity (Wildman–Crippen MR) is 119 cm³/mol. The summed E-state index contributed by atoms with van der Waals surface area (Å²) >= 11 is 0. The van der Waals surface area contributed by atoms with Gasteiger partial charge in [0.15, 0.2) is 0 Å². The molecule has 0 fully saturated rings. The van der Waals surface area contributed by atoms with E-state index in [2.05, 4.69) is 13.2 Å². The number of aromatic hydroxyl groups is 2. The highest BCUT2D eigenvalue weighted by Crippen LogP contribution is 2.40. The van der Waals surface area contributed by atoms with Crippen LogP contribution < -0.4 is 10.4 Å². The standard InChI is InChI=1S/C24H34O8/c1-12(2)21(28)31-17(11-30-16(6)25)22(29)32-24(9,10)23(7,8)18-15(5)19(26)13(3)14(4)20(18)27/h12,17,26-27H,4-5,11H2,1-3,6-10H3. The van der Waals surface area contributed by atoms with Crippen LogP contribution >= 0.6 is 0 Å². The zero-order valence-corrected chi connectivity index (χ0v) is 20.1.